The van der Waals surface area contributed by atoms with E-state index in [1.165, 1.54) is 0 Å². The van der Waals surface area contributed by atoms with Crippen LogP contribution in [0.15, 0.2) is 12.1 Å². The van der Waals surface area contributed by atoms with Crippen LogP contribution < -0.4 is 5.32 Å². The van der Waals surface area contributed by atoms with Crippen LogP contribution in [-0.2, 0) is 0 Å². The number of aromatic nitrogens is 1. The van der Waals surface area contributed by atoms with Crippen LogP contribution in [0.2, 0.25) is 0 Å². The Morgan fingerprint density at radius 1 is 1.41 bits per heavy atom. The van der Waals surface area contributed by atoms with Crippen LogP contribution in [0.4, 0.5) is 0 Å². The van der Waals surface area contributed by atoms with Crippen LogP contribution in [0.1, 0.15) is 35.6 Å². The lowest BCUT2D eigenvalue weighted by molar-refractivity contribution is 0.0896. The average Bonchev–Trinajstić information content (AvgIpc) is 2.24. The summed E-state index contributed by atoms with van der Waals surface area (Å²) in [6.07, 6.45) is 0. The number of carbonyl (C=O) groups excluding carboxylic acids is 1. The fourth-order valence-corrected chi connectivity index (χ4v) is 1.60. The van der Waals surface area contributed by atoms with Gasteiger partial charge in [-0.15, -0.1) is 0 Å². The highest BCUT2D eigenvalue weighted by Crippen LogP contribution is 2.08. The third-order valence-electron chi connectivity index (χ3n) is 2.79. The molecule has 0 saturated heterocycles. The summed E-state index contributed by atoms with van der Waals surface area (Å²) in [6.45, 7) is 7.56. The summed E-state index contributed by atoms with van der Waals surface area (Å²) in [4.78, 5) is 16.2. The van der Waals surface area contributed by atoms with Crippen LogP contribution in [0.25, 0.3) is 0 Å². The Hall–Kier alpha value is -1.42. The molecule has 4 nitrogen and oxygen atoms in total. The lowest BCUT2D eigenvalue weighted by atomic mass is 10.0. The number of hydrogen-bond donors (Lipinski definition) is 2. The highest BCUT2D eigenvalue weighted by atomic mass is 16.3. The number of rotatable bonds is 4. The Labute approximate surface area is 102 Å². The van der Waals surface area contributed by atoms with Crippen molar-refractivity contribution in [1.82, 2.24) is 10.3 Å². The molecule has 0 radical (unpaired) electrons. The van der Waals surface area contributed by atoms with E-state index in [0.717, 1.165) is 5.69 Å². The zero-order chi connectivity index (χ0) is 13.0. The molecular formula is C13H20N2O2. The third kappa shape index (κ3) is 3.53. The summed E-state index contributed by atoms with van der Waals surface area (Å²) >= 11 is 0. The predicted octanol–water partition coefficient (Wildman–Crippen LogP) is 1.45. The smallest absolute Gasteiger partial charge is 0.253 e. The molecule has 94 valence electrons. The minimum Gasteiger partial charge on any atom is -0.394 e. The fraction of sp³-hybridized carbons (Fsp3) is 0.538. The Bertz CT molecular complexity index is 402. The summed E-state index contributed by atoms with van der Waals surface area (Å²) in [5, 5.41) is 12.0. The zero-order valence-electron chi connectivity index (χ0n) is 10.8. The van der Waals surface area contributed by atoms with Gasteiger partial charge in [0.15, 0.2) is 0 Å². The van der Waals surface area contributed by atoms with Crippen molar-refractivity contribution >= 4 is 5.91 Å². The molecule has 4 heteroatoms. The molecule has 1 heterocycles. The normalized spacial score (nSPS) is 12.6. The van der Waals surface area contributed by atoms with Gasteiger partial charge in [-0.1, -0.05) is 13.8 Å². The van der Waals surface area contributed by atoms with Crippen molar-refractivity contribution in [2.24, 2.45) is 5.92 Å². The lowest BCUT2D eigenvalue weighted by Crippen LogP contribution is -2.41. The number of pyridine rings is 1. The molecule has 0 aliphatic rings. The molecular weight excluding hydrogens is 216 g/mol. The molecule has 1 rings (SSSR count). The summed E-state index contributed by atoms with van der Waals surface area (Å²) < 4.78 is 0. The fourth-order valence-electron chi connectivity index (χ4n) is 1.60. The van der Waals surface area contributed by atoms with Crippen LogP contribution in [0.5, 0.6) is 0 Å². The second-order valence-corrected chi connectivity index (χ2v) is 4.59. The molecule has 0 fully saturated rings. The van der Waals surface area contributed by atoms with Crippen molar-refractivity contribution in [3.05, 3.63) is 29.1 Å². The monoisotopic (exact) mass is 236 g/mol. The van der Waals surface area contributed by atoms with Crippen molar-refractivity contribution in [2.75, 3.05) is 6.61 Å². The number of aliphatic hydroxyl groups excluding tert-OH is 1. The van der Waals surface area contributed by atoms with Gasteiger partial charge in [0.25, 0.3) is 5.91 Å². The van der Waals surface area contributed by atoms with Crippen LogP contribution >= 0.6 is 0 Å². The number of nitrogens with zero attached hydrogens (tertiary/aromatic N) is 1. The van der Waals surface area contributed by atoms with Gasteiger partial charge in [0, 0.05) is 5.69 Å². The first kappa shape index (κ1) is 13.6. The summed E-state index contributed by atoms with van der Waals surface area (Å²) in [6, 6.07) is 3.36. The van der Waals surface area contributed by atoms with Gasteiger partial charge in [-0.3, -0.25) is 9.78 Å². The molecule has 0 saturated carbocycles. The van der Waals surface area contributed by atoms with Crippen LogP contribution in [0.3, 0.4) is 0 Å². The van der Waals surface area contributed by atoms with E-state index >= 15 is 0 Å². The first-order chi connectivity index (χ1) is 7.95. The van der Waals surface area contributed by atoms with Gasteiger partial charge in [0.2, 0.25) is 0 Å². The zero-order valence-corrected chi connectivity index (χ0v) is 10.8. The van der Waals surface area contributed by atoms with Gasteiger partial charge in [0.05, 0.1) is 23.9 Å². The van der Waals surface area contributed by atoms with E-state index in [1.54, 1.807) is 6.07 Å². The van der Waals surface area contributed by atoms with E-state index < -0.39 is 0 Å². The molecule has 1 atom stereocenters. The summed E-state index contributed by atoms with van der Waals surface area (Å²) in [5.41, 5.74) is 2.17. The standard InChI is InChI=1S/C13H20N2O2/c1-8(2)12(7-16)15-13(17)11-6-5-9(3)14-10(11)4/h5-6,8,12,16H,7H2,1-4H3,(H,15,17). The van der Waals surface area contributed by atoms with E-state index in [2.05, 4.69) is 10.3 Å². The van der Waals surface area contributed by atoms with Crippen molar-refractivity contribution in [3.63, 3.8) is 0 Å². The molecule has 1 amide bonds. The predicted molar refractivity (Wildman–Crippen MR) is 66.9 cm³/mol. The van der Waals surface area contributed by atoms with Crippen molar-refractivity contribution in [1.29, 1.82) is 0 Å². The quantitative estimate of drug-likeness (QED) is 0.831. The van der Waals surface area contributed by atoms with E-state index in [0.29, 0.717) is 11.3 Å². The minimum absolute atomic E-state index is 0.0538. The molecule has 2 N–H and O–H groups in total. The lowest BCUT2D eigenvalue weighted by Gasteiger charge is -2.20. The molecule has 0 aromatic carbocycles. The second-order valence-electron chi connectivity index (χ2n) is 4.59. The Morgan fingerprint density at radius 3 is 2.53 bits per heavy atom. The number of nitrogens with one attached hydrogen (secondary N) is 1. The minimum atomic E-state index is -0.219. The van der Waals surface area contributed by atoms with Gasteiger partial charge in [-0.25, -0.2) is 0 Å². The first-order valence-corrected chi connectivity index (χ1v) is 5.81. The van der Waals surface area contributed by atoms with Crippen molar-refractivity contribution in [3.8, 4) is 0 Å². The highest BCUT2D eigenvalue weighted by molar-refractivity contribution is 5.95. The Balaban J connectivity index is 2.82. The molecule has 1 aromatic rings. The first-order valence-electron chi connectivity index (χ1n) is 5.81. The van der Waals surface area contributed by atoms with E-state index in [4.69, 9.17) is 0 Å². The maximum atomic E-state index is 12.0. The number of aryl methyl sites for hydroxylation is 2. The van der Waals surface area contributed by atoms with Gasteiger partial charge in [0.1, 0.15) is 0 Å². The topological polar surface area (TPSA) is 62.2 Å². The molecule has 0 aliphatic carbocycles. The van der Waals surface area contributed by atoms with Crippen molar-refractivity contribution < 1.29 is 9.90 Å². The van der Waals surface area contributed by atoms with Gasteiger partial charge in [-0.2, -0.15) is 0 Å². The molecule has 0 bridgehead atoms. The largest absolute Gasteiger partial charge is 0.394 e. The third-order valence-corrected chi connectivity index (χ3v) is 2.79. The molecule has 0 aliphatic heterocycles. The molecule has 1 unspecified atom stereocenters. The Kier molecular flexibility index (Phi) is 4.63. The maximum absolute atomic E-state index is 12.0. The van der Waals surface area contributed by atoms with Gasteiger partial charge < -0.3 is 10.4 Å². The number of aliphatic hydroxyl groups is 1. The van der Waals surface area contributed by atoms with Crippen LogP contribution in [0, 0.1) is 19.8 Å². The van der Waals surface area contributed by atoms with Crippen molar-refractivity contribution in [2.45, 2.75) is 33.7 Å². The van der Waals surface area contributed by atoms with E-state index in [-0.39, 0.29) is 24.5 Å². The summed E-state index contributed by atoms with van der Waals surface area (Å²) in [5.74, 6) is 0.0189. The molecule has 17 heavy (non-hydrogen) atoms. The van der Waals surface area contributed by atoms with E-state index in [1.807, 2.05) is 33.8 Å². The number of carbonyl (C=O) groups is 1. The number of hydrogen-bond acceptors (Lipinski definition) is 3. The molecule has 0 spiro atoms. The maximum Gasteiger partial charge on any atom is 0.253 e. The van der Waals surface area contributed by atoms with E-state index in [9.17, 15) is 9.90 Å². The van der Waals surface area contributed by atoms with Gasteiger partial charge >= 0.3 is 0 Å². The summed E-state index contributed by atoms with van der Waals surface area (Å²) in [7, 11) is 0. The second kappa shape index (κ2) is 5.77. The SMILES string of the molecule is Cc1ccc(C(=O)NC(CO)C(C)C)c(C)n1. The molecule has 1 aromatic heterocycles. The van der Waals surface area contributed by atoms with Crippen LogP contribution in [-0.4, -0.2) is 28.6 Å². The average molecular weight is 236 g/mol. The highest BCUT2D eigenvalue weighted by Gasteiger charge is 2.17. The Morgan fingerprint density at radius 2 is 2.06 bits per heavy atom. The van der Waals surface area contributed by atoms with Gasteiger partial charge in [-0.05, 0) is 31.9 Å². The number of amides is 1.